The lowest BCUT2D eigenvalue weighted by Gasteiger charge is -2.51. The molecule has 1 saturated carbocycles. The van der Waals surface area contributed by atoms with Crippen LogP contribution < -0.4 is 10.1 Å². The topological polar surface area (TPSA) is 77.1 Å². The molecule has 2 saturated heterocycles. The number of piperidine rings is 1. The predicted octanol–water partition coefficient (Wildman–Crippen LogP) is 2.14. The summed E-state index contributed by atoms with van der Waals surface area (Å²) in [6.45, 7) is 1.02. The van der Waals surface area contributed by atoms with E-state index in [1.165, 1.54) is 6.07 Å². The first-order valence-electron chi connectivity index (χ1n) is 11.3. The second-order valence-electron chi connectivity index (χ2n) is 9.16. The number of nitrogens with one attached hydrogen (secondary N) is 1. The fourth-order valence-corrected chi connectivity index (χ4v) is 5.71. The molecule has 0 radical (unpaired) electrons. The normalized spacial score (nSPS) is 34.0. The number of para-hydroxylation sites is 1. The number of carbonyl (C=O) groups excluding carboxylic acids is 2. The van der Waals surface area contributed by atoms with Crippen LogP contribution in [0.15, 0.2) is 18.2 Å². The van der Waals surface area contributed by atoms with Crippen LogP contribution in [0.4, 0.5) is 4.39 Å². The summed E-state index contributed by atoms with van der Waals surface area (Å²) in [5.74, 6) is -0.443. The van der Waals surface area contributed by atoms with E-state index >= 15 is 0 Å². The first-order valence-corrected chi connectivity index (χ1v) is 11.3. The van der Waals surface area contributed by atoms with Crippen molar-refractivity contribution in [1.82, 2.24) is 10.2 Å². The SMILES string of the molecule is O=C1COC[C@]2(CCCN3C(=O)COc4c(F)cccc4[C@H]4CC[C@H](CC4)OC[C@@H]32)N1. The molecular weight excluding hydrogens is 403 g/mol. The summed E-state index contributed by atoms with van der Waals surface area (Å²) >= 11 is 0. The Balaban J connectivity index is 1.48. The standard InChI is InChI=1S/C23H29FN2O5/c24-18-4-1-3-17-15-5-7-16(8-6-15)30-11-19-23(14-29-12-20(27)25-23)9-2-10-26(19)21(28)13-31-22(17)18/h1,3-4,15-16,19H,2,5-14H2,(H,25,27)/t15-,16+,19-,23+/m1/s1. The lowest BCUT2D eigenvalue weighted by Crippen LogP contribution is -2.72. The molecule has 1 aromatic carbocycles. The quantitative estimate of drug-likeness (QED) is 0.680. The molecular formula is C23H29FN2O5. The Hall–Kier alpha value is -2.19. The van der Waals surface area contributed by atoms with Crippen molar-refractivity contribution in [3.05, 3.63) is 29.6 Å². The maximum Gasteiger partial charge on any atom is 0.260 e. The van der Waals surface area contributed by atoms with E-state index in [1.54, 1.807) is 11.0 Å². The molecule has 3 fully saturated rings. The van der Waals surface area contributed by atoms with E-state index in [9.17, 15) is 14.0 Å². The van der Waals surface area contributed by atoms with Crippen molar-refractivity contribution in [1.29, 1.82) is 0 Å². The molecule has 168 valence electrons. The second kappa shape index (κ2) is 8.39. The summed E-state index contributed by atoms with van der Waals surface area (Å²) in [4.78, 5) is 27.1. The average Bonchev–Trinajstić information content (AvgIpc) is 2.78. The molecule has 2 atom stereocenters. The van der Waals surface area contributed by atoms with Crippen molar-refractivity contribution in [2.75, 3.05) is 33.0 Å². The van der Waals surface area contributed by atoms with Gasteiger partial charge in [-0.25, -0.2) is 4.39 Å². The minimum absolute atomic E-state index is 0.0342. The van der Waals surface area contributed by atoms with Crippen molar-refractivity contribution in [3.63, 3.8) is 0 Å². The summed E-state index contributed by atoms with van der Waals surface area (Å²) in [6, 6.07) is 4.64. The van der Waals surface area contributed by atoms with Crippen LogP contribution in [0, 0.1) is 5.82 Å². The molecule has 0 aromatic heterocycles. The number of nitrogens with zero attached hydrogens (tertiary/aromatic N) is 1. The van der Waals surface area contributed by atoms with Crippen LogP contribution in [0.25, 0.3) is 0 Å². The third kappa shape index (κ3) is 3.91. The van der Waals surface area contributed by atoms with E-state index in [2.05, 4.69) is 5.32 Å². The number of rotatable bonds is 0. The van der Waals surface area contributed by atoms with Gasteiger partial charge in [-0.15, -0.1) is 0 Å². The van der Waals surface area contributed by atoms with Crippen LogP contribution in [-0.2, 0) is 19.1 Å². The van der Waals surface area contributed by atoms with Crippen LogP contribution in [0.5, 0.6) is 5.75 Å². The molecule has 5 aliphatic rings. The fraction of sp³-hybridized carbons (Fsp3) is 0.652. The number of morpholine rings is 1. The molecule has 4 aliphatic heterocycles. The Morgan fingerprint density at radius 1 is 1.13 bits per heavy atom. The Morgan fingerprint density at radius 3 is 2.77 bits per heavy atom. The second-order valence-corrected chi connectivity index (χ2v) is 9.16. The van der Waals surface area contributed by atoms with Crippen LogP contribution >= 0.6 is 0 Å². The van der Waals surface area contributed by atoms with Gasteiger partial charge in [0, 0.05) is 12.1 Å². The zero-order valence-electron chi connectivity index (χ0n) is 17.6. The van der Waals surface area contributed by atoms with Gasteiger partial charge in [0.05, 0.1) is 30.9 Å². The Kier molecular flexibility index (Phi) is 5.60. The number of amides is 2. The highest BCUT2D eigenvalue weighted by Gasteiger charge is 2.49. The number of carbonyl (C=O) groups is 2. The first-order chi connectivity index (χ1) is 15.1. The lowest BCUT2D eigenvalue weighted by atomic mass is 9.80. The van der Waals surface area contributed by atoms with E-state index in [1.807, 2.05) is 6.07 Å². The molecule has 2 amide bonds. The number of halogens is 1. The monoisotopic (exact) mass is 432 g/mol. The van der Waals surface area contributed by atoms with Crippen molar-refractivity contribution >= 4 is 11.8 Å². The van der Waals surface area contributed by atoms with Gasteiger partial charge in [0.15, 0.2) is 18.2 Å². The maximum atomic E-state index is 14.7. The van der Waals surface area contributed by atoms with Crippen molar-refractivity contribution in [2.45, 2.75) is 62.1 Å². The zero-order valence-corrected chi connectivity index (χ0v) is 17.6. The molecule has 1 aromatic rings. The molecule has 7 nitrogen and oxygen atoms in total. The average molecular weight is 432 g/mol. The van der Waals surface area contributed by atoms with Gasteiger partial charge < -0.3 is 24.4 Å². The minimum Gasteiger partial charge on any atom is -0.480 e. The third-order valence-electron chi connectivity index (χ3n) is 7.28. The van der Waals surface area contributed by atoms with Crippen molar-refractivity contribution < 1.29 is 28.2 Å². The van der Waals surface area contributed by atoms with Crippen LogP contribution in [0.2, 0.25) is 0 Å². The fourth-order valence-electron chi connectivity index (χ4n) is 5.71. The highest BCUT2D eigenvalue weighted by Crippen LogP contribution is 2.40. The molecule has 1 spiro atoms. The molecule has 31 heavy (non-hydrogen) atoms. The third-order valence-corrected chi connectivity index (χ3v) is 7.28. The smallest absolute Gasteiger partial charge is 0.260 e. The molecule has 1 N–H and O–H groups in total. The predicted molar refractivity (Wildman–Crippen MR) is 109 cm³/mol. The maximum absolute atomic E-state index is 14.7. The largest absolute Gasteiger partial charge is 0.480 e. The first kappa shape index (κ1) is 20.7. The Labute approximate surface area is 181 Å². The Morgan fingerprint density at radius 2 is 1.97 bits per heavy atom. The van der Waals surface area contributed by atoms with Gasteiger partial charge in [-0.2, -0.15) is 0 Å². The zero-order chi connectivity index (χ0) is 21.4. The van der Waals surface area contributed by atoms with Crippen LogP contribution in [0.1, 0.15) is 50.0 Å². The van der Waals surface area contributed by atoms with Crippen molar-refractivity contribution in [3.8, 4) is 5.75 Å². The number of ether oxygens (including phenoxy) is 3. The van der Waals surface area contributed by atoms with Crippen LogP contribution in [0.3, 0.4) is 0 Å². The molecule has 6 rings (SSSR count). The summed E-state index contributed by atoms with van der Waals surface area (Å²) < 4.78 is 32.4. The molecule has 0 unspecified atom stereocenters. The lowest BCUT2D eigenvalue weighted by molar-refractivity contribution is -0.156. The summed E-state index contributed by atoms with van der Waals surface area (Å²) in [6.07, 6.45) is 5.07. The van der Waals surface area contributed by atoms with E-state index in [0.29, 0.717) is 19.8 Å². The number of hydrogen-bond acceptors (Lipinski definition) is 5. The van der Waals surface area contributed by atoms with Crippen molar-refractivity contribution in [2.24, 2.45) is 0 Å². The number of fused-ring (bicyclic) bond motifs is 5. The Bertz CT molecular complexity index is 852. The van der Waals surface area contributed by atoms with Gasteiger partial charge in [0.25, 0.3) is 5.91 Å². The van der Waals surface area contributed by atoms with E-state index in [4.69, 9.17) is 14.2 Å². The summed E-state index contributed by atoms with van der Waals surface area (Å²) in [7, 11) is 0. The molecule has 2 bridgehead atoms. The van der Waals surface area contributed by atoms with E-state index in [-0.39, 0.29) is 48.8 Å². The highest BCUT2D eigenvalue weighted by molar-refractivity contribution is 5.81. The van der Waals surface area contributed by atoms with E-state index < -0.39 is 11.4 Å². The summed E-state index contributed by atoms with van der Waals surface area (Å²) in [5, 5.41) is 3.10. The van der Waals surface area contributed by atoms with Gasteiger partial charge in [-0.1, -0.05) is 12.1 Å². The minimum atomic E-state index is -0.663. The molecule has 1 aliphatic carbocycles. The molecule has 4 heterocycles. The number of hydrogen-bond donors (Lipinski definition) is 1. The highest BCUT2D eigenvalue weighted by atomic mass is 19.1. The van der Waals surface area contributed by atoms with E-state index in [0.717, 1.165) is 44.1 Å². The number of benzene rings is 1. The van der Waals surface area contributed by atoms with Gasteiger partial charge in [-0.05, 0) is 50.5 Å². The van der Waals surface area contributed by atoms with Gasteiger partial charge in [-0.3, -0.25) is 9.59 Å². The van der Waals surface area contributed by atoms with Gasteiger partial charge in [0.1, 0.15) is 6.61 Å². The summed E-state index contributed by atoms with van der Waals surface area (Å²) in [5.41, 5.74) is 0.175. The molecule has 8 heteroatoms. The van der Waals surface area contributed by atoms with Gasteiger partial charge >= 0.3 is 0 Å². The van der Waals surface area contributed by atoms with Gasteiger partial charge in [0.2, 0.25) is 5.91 Å². The van der Waals surface area contributed by atoms with Crippen LogP contribution in [-0.4, -0.2) is 67.4 Å².